The molecule has 0 saturated heterocycles. The first-order valence-electron chi connectivity index (χ1n) is 7.05. The molecule has 0 saturated carbocycles. The van der Waals surface area contributed by atoms with E-state index in [1.807, 2.05) is 30.3 Å². The highest BCUT2D eigenvalue weighted by Crippen LogP contribution is 2.11. The van der Waals surface area contributed by atoms with Gasteiger partial charge in [-0.05, 0) is 43.3 Å². The molecule has 1 amide bonds. The van der Waals surface area contributed by atoms with Gasteiger partial charge in [-0.15, -0.1) is 0 Å². The molecular weight excluding hydrogens is 280 g/mol. The highest BCUT2D eigenvalue weighted by molar-refractivity contribution is 5.94. The van der Waals surface area contributed by atoms with Gasteiger partial charge >= 0.3 is 5.97 Å². The highest BCUT2D eigenvalue weighted by atomic mass is 16.5. The van der Waals surface area contributed by atoms with Crippen molar-refractivity contribution in [3.05, 3.63) is 60.2 Å². The summed E-state index contributed by atoms with van der Waals surface area (Å²) in [6.07, 6.45) is 0. The summed E-state index contributed by atoms with van der Waals surface area (Å²) in [5, 5.41) is 5.78. The predicted octanol–water partition coefficient (Wildman–Crippen LogP) is 2.91. The minimum Gasteiger partial charge on any atom is -0.462 e. The molecule has 0 aliphatic heterocycles. The fourth-order valence-corrected chi connectivity index (χ4v) is 1.85. The Kier molecular flexibility index (Phi) is 5.54. The Morgan fingerprint density at radius 1 is 0.955 bits per heavy atom. The molecule has 0 unspecified atom stereocenters. The molecule has 0 bridgehead atoms. The summed E-state index contributed by atoms with van der Waals surface area (Å²) in [7, 11) is 0. The first kappa shape index (κ1) is 15.6. The van der Waals surface area contributed by atoms with Gasteiger partial charge in [-0.3, -0.25) is 4.79 Å². The molecule has 2 N–H and O–H groups in total. The van der Waals surface area contributed by atoms with Crippen LogP contribution in [0.1, 0.15) is 17.3 Å². The number of carbonyl (C=O) groups is 2. The van der Waals surface area contributed by atoms with E-state index in [0.29, 0.717) is 12.2 Å². The average Bonchev–Trinajstić information content (AvgIpc) is 2.54. The van der Waals surface area contributed by atoms with E-state index in [1.54, 1.807) is 31.2 Å². The zero-order valence-electron chi connectivity index (χ0n) is 12.3. The third-order valence-electron chi connectivity index (χ3n) is 2.91. The predicted molar refractivity (Wildman–Crippen MR) is 86.0 cm³/mol. The number of hydrogen-bond acceptors (Lipinski definition) is 4. The first-order valence-corrected chi connectivity index (χ1v) is 7.05. The van der Waals surface area contributed by atoms with Crippen molar-refractivity contribution in [1.82, 2.24) is 0 Å². The fourth-order valence-electron chi connectivity index (χ4n) is 1.85. The van der Waals surface area contributed by atoms with Gasteiger partial charge in [-0.2, -0.15) is 0 Å². The Balaban J connectivity index is 1.84. The zero-order chi connectivity index (χ0) is 15.8. The Morgan fingerprint density at radius 2 is 1.64 bits per heavy atom. The Hall–Kier alpha value is -2.82. The van der Waals surface area contributed by atoms with E-state index in [1.165, 1.54) is 0 Å². The molecule has 0 radical (unpaired) electrons. The minimum atomic E-state index is -0.351. The molecule has 0 atom stereocenters. The first-order chi connectivity index (χ1) is 10.7. The largest absolute Gasteiger partial charge is 0.462 e. The van der Waals surface area contributed by atoms with Crippen LogP contribution < -0.4 is 10.6 Å². The third-order valence-corrected chi connectivity index (χ3v) is 2.91. The van der Waals surface area contributed by atoms with Gasteiger partial charge in [0.15, 0.2) is 0 Å². The van der Waals surface area contributed by atoms with Crippen LogP contribution in [-0.4, -0.2) is 25.0 Å². The van der Waals surface area contributed by atoms with Crippen molar-refractivity contribution in [2.24, 2.45) is 0 Å². The van der Waals surface area contributed by atoms with Crippen LogP contribution in [0.2, 0.25) is 0 Å². The summed E-state index contributed by atoms with van der Waals surface area (Å²) in [5.41, 5.74) is 2.00. The summed E-state index contributed by atoms with van der Waals surface area (Å²) < 4.78 is 4.91. The molecule has 2 aromatic rings. The lowest BCUT2D eigenvalue weighted by Gasteiger charge is -2.08. The van der Waals surface area contributed by atoms with Crippen molar-refractivity contribution in [2.75, 3.05) is 23.8 Å². The van der Waals surface area contributed by atoms with Crippen LogP contribution >= 0.6 is 0 Å². The molecule has 2 rings (SSSR count). The van der Waals surface area contributed by atoms with Crippen molar-refractivity contribution in [2.45, 2.75) is 6.92 Å². The van der Waals surface area contributed by atoms with Gasteiger partial charge in [0.05, 0.1) is 18.7 Å². The van der Waals surface area contributed by atoms with Crippen molar-refractivity contribution in [3.63, 3.8) is 0 Å². The molecule has 5 nitrogen and oxygen atoms in total. The lowest BCUT2D eigenvalue weighted by Crippen LogP contribution is -2.21. The standard InChI is InChI=1S/C17H18N2O3/c1-2-22-17(21)13-8-10-14(11-9-13)18-12-16(20)19-15-6-4-3-5-7-15/h3-11,18H,2,12H2,1H3,(H,19,20). The number of ether oxygens (including phenoxy) is 1. The van der Waals surface area contributed by atoms with E-state index < -0.39 is 0 Å². The van der Waals surface area contributed by atoms with Gasteiger partial charge in [0, 0.05) is 11.4 Å². The van der Waals surface area contributed by atoms with E-state index in [-0.39, 0.29) is 18.4 Å². The number of nitrogens with one attached hydrogen (secondary N) is 2. The molecule has 0 spiro atoms. The highest BCUT2D eigenvalue weighted by Gasteiger charge is 2.06. The number of rotatable bonds is 6. The van der Waals surface area contributed by atoms with Gasteiger partial charge in [-0.25, -0.2) is 4.79 Å². The fraction of sp³-hybridized carbons (Fsp3) is 0.176. The van der Waals surface area contributed by atoms with E-state index >= 15 is 0 Å². The maximum Gasteiger partial charge on any atom is 0.338 e. The van der Waals surface area contributed by atoms with Crippen molar-refractivity contribution in [3.8, 4) is 0 Å². The van der Waals surface area contributed by atoms with Gasteiger partial charge in [0.1, 0.15) is 0 Å². The zero-order valence-corrected chi connectivity index (χ0v) is 12.3. The Morgan fingerprint density at radius 3 is 2.27 bits per heavy atom. The van der Waals surface area contributed by atoms with Gasteiger partial charge < -0.3 is 15.4 Å². The number of carbonyl (C=O) groups excluding carboxylic acids is 2. The molecule has 0 aliphatic rings. The molecule has 0 aliphatic carbocycles. The molecule has 22 heavy (non-hydrogen) atoms. The lowest BCUT2D eigenvalue weighted by molar-refractivity contribution is -0.114. The smallest absolute Gasteiger partial charge is 0.338 e. The average molecular weight is 298 g/mol. The SMILES string of the molecule is CCOC(=O)c1ccc(NCC(=O)Nc2ccccc2)cc1. The number of amides is 1. The molecule has 0 fully saturated rings. The summed E-state index contributed by atoms with van der Waals surface area (Å²) in [5.74, 6) is -0.489. The number of esters is 1. The molecule has 0 heterocycles. The molecule has 114 valence electrons. The number of anilines is 2. The maximum atomic E-state index is 11.8. The van der Waals surface area contributed by atoms with Crippen LogP contribution in [-0.2, 0) is 9.53 Å². The second-order valence-corrected chi connectivity index (χ2v) is 4.57. The second kappa shape index (κ2) is 7.83. The van der Waals surface area contributed by atoms with E-state index in [2.05, 4.69) is 10.6 Å². The minimum absolute atomic E-state index is 0.138. The molecular formula is C17H18N2O3. The van der Waals surface area contributed by atoms with Gasteiger partial charge in [0.25, 0.3) is 0 Å². The number of benzene rings is 2. The van der Waals surface area contributed by atoms with E-state index in [0.717, 1.165) is 11.4 Å². The number of hydrogen-bond donors (Lipinski definition) is 2. The van der Waals surface area contributed by atoms with Crippen LogP contribution in [0.5, 0.6) is 0 Å². The normalized spacial score (nSPS) is 9.86. The molecule has 0 aromatic heterocycles. The summed E-state index contributed by atoms with van der Waals surface area (Å²) in [6.45, 7) is 2.26. The third kappa shape index (κ3) is 4.63. The summed E-state index contributed by atoms with van der Waals surface area (Å²) in [6, 6.07) is 16.1. The molecule has 5 heteroatoms. The van der Waals surface area contributed by atoms with Crippen LogP contribution in [0.4, 0.5) is 11.4 Å². The van der Waals surface area contributed by atoms with Crippen LogP contribution in [0.3, 0.4) is 0 Å². The van der Waals surface area contributed by atoms with Crippen LogP contribution in [0, 0.1) is 0 Å². The maximum absolute atomic E-state index is 11.8. The lowest BCUT2D eigenvalue weighted by atomic mass is 10.2. The Bertz CT molecular complexity index is 624. The van der Waals surface area contributed by atoms with Crippen LogP contribution in [0.15, 0.2) is 54.6 Å². The van der Waals surface area contributed by atoms with Crippen LogP contribution in [0.25, 0.3) is 0 Å². The van der Waals surface area contributed by atoms with Crippen molar-refractivity contribution in [1.29, 1.82) is 0 Å². The number of para-hydroxylation sites is 1. The summed E-state index contributed by atoms with van der Waals surface area (Å²) >= 11 is 0. The van der Waals surface area contributed by atoms with Crippen molar-refractivity contribution < 1.29 is 14.3 Å². The van der Waals surface area contributed by atoms with Gasteiger partial charge in [-0.1, -0.05) is 18.2 Å². The molecule has 2 aromatic carbocycles. The van der Waals surface area contributed by atoms with E-state index in [9.17, 15) is 9.59 Å². The monoisotopic (exact) mass is 298 g/mol. The summed E-state index contributed by atoms with van der Waals surface area (Å²) in [4.78, 5) is 23.3. The second-order valence-electron chi connectivity index (χ2n) is 4.57. The van der Waals surface area contributed by atoms with Crippen molar-refractivity contribution >= 4 is 23.3 Å². The van der Waals surface area contributed by atoms with E-state index in [4.69, 9.17) is 4.74 Å². The quantitative estimate of drug-likeness (QED) is 0.805. The van der Waals surface area contributed by atoms with Gasteiger partial charge in [0.2, 0.25) is 5.91 Å². The Labute approximate surface area is 129 Å². The topological polar surface area (TPSA) is 67.4 Å².